The van der Waals surface area contributed by atoms with Crippen molar-refractivity contribution in [3.63, 3.8) is 0 Å². The molecule has 3 atom stereocenters. The molecule has 1 aromatic carbocycles. The third-order valence-corrected chi connectivity index (χ3v) is 5.78. The predicted octanol–water partition coefficient (Wildman–Crippen LogP) is 1.29. The van der Waals surface area contributed by atoms with Gasteiger partial charge in [-0.25, -0.2) is 13.6 Å². The third-order valence-electron chi connectivity index (χ3n) is 4.87. The van der Waals surface area contributed by atoms with Crippen molar-refractivity contribution >= 4 is 28.3 Å². The number of sulfonamides is 1. The molecule has 0 aromatic heterocycles. The summed E-state index contributed by atoms with van der Waals surface area (Å²) in [6, 6.07) is 6.69. The molecule has 8 heteroatoms. The second-order valence-corrected chi connectivity index (χ2v) is 8.08. The highest BCUT2D eigenvalue weighted by Crippen LogP contribution is 2.33. The molecule has 1 saturated carbocycles. The summed E-state index contributed by atoms with van der Waals surface area (Å²) in [5.74, 6) is 0.602. The van der Waals surface area contributed by atoms with Gasteiger partial charge in [0.25, 0.3) is 0 Å². The van der Waals surface area contributed by atoms with Crippen LogP contribution in [0.4, 0.5) is 0 Å². The van der Waals surface area contributed by atoms with Crippen LogP contribution in [0.1, 0.15) is 37.7 Å². The average Bonchev–Trinajstić information content (AvgIpc) is 2.96. The van der Waals surface area contributed by atoms with Gasteiger partial charge in [-0.05, 0) is 42.9 Å². The minimum Gasteiger partial charge on any atom is -0.351 e. The van der Waals surface area contributed by atoms with Gasteiger partial charge >= 0.3 is 0 Å². The Labute approximate surface area is 149 Å². The standard InChI is InChI=1S/C16H23N3O3S.ClH/c17-23(21,22)13-6-3-4-11(8-13)10-18-16(20)15-9-12-5-1-2-7-14(12)19-15;/h3-4,6,8,12,14-15,19H,1-2,5,7,9-10H2,(H,18,20)(H2,17,21,22);1H. The first kappa shape index (κ1) is 19.2. The summed E-state index contributed by atoms with van der Waals surface area (Å²) in [6.07, 6.45) is 5.76. The van der Waals surface area contributed by atoms with Crippen molar-refractivity contribution in [2.75, 3.05) is 0 Å². The molecule has 1 aromatic rings. The lowest BCUT2D eigenvalue weighted by Crippen LogP contribution is -2.42. The molecule has 134 valence electrons. The first-order chi connectivity index (χ1) is 10.9. The molecule has 1 aliphatic heterocycles. The maximum Gasteiger partial charge on any atom is 0.238 e. The highest BCUT2D eigenvalue weighted by molar-refractivity contribution is 7.89. The Hall–Kier alpha value is -1.15. The molecule has 24 heavy (non-hydrogen) atoms. The molecule has 2 fully saturated rings. The Morgan fingerprint density at radius 3 is 2.75 bits per heavy atom. The lowest BCUT2D eigenvalue weighted by molar-refractivity contribution is -0.123. The van der Waals surface area contributed by atoms with Crippen molar-refractivity contribution < 1.29 is 13.2 Å². The molecule has 0 spiro atoms. The van der Waals surface area contributed by atoms with E-state index in [-0.39, 0.29) is 29.3 Å². The fourth-order valence-electron chi connectivity index (χ4n) is 3.67. The Morgan fingerprint density at radius 1 is 1.29 bits per heavy atom. The largest absolute Gasteiger partial charge is 0.351 e. The Kier molecular flexibility index (Phi) is 6.25. The summed E-state index contributed by atoms with van der Waals surface area (Å²) in [5, 5.41) is 11.5. The molecule has 4 N–H and O–H groups in total. The molecule has 2 aliphatic rings. The van der Waals surface area contributed by atoms with E-state index in [2.05, 4.69) is 10.6 Å². The van der Waals surface area contributed by atoms with E-state index in [4.69, 9.17) is 5.14 Å². The van der Waals surface area contributed by atoms with E-state index in [1.54, 1.807) is 12.1 Å². The number of primary sulfonamides is 1. The summed E-state index contributed by atoms with van der Waals surface area (Å²) in [7, 11) is -3.72. The normalized spacial score (nSPS) is 26.3. The van der Waals surface area contributed by atoms with Crippen LogP contribution in [0.25, 0.3) is 0 Å². The molecule has 1 heterocycles. The Bertz CT molecular complexity index is 682. The van der Waals surface area contributed by atoms with Gasteiger partial charge in [0.05, 0.1) is 10.9 Å². The first-order valence-corrected chi connectivity index (χ1v) is 9.63. The lowest BCUT2D eigenvalue weighted by Gasteiger charge is -2.24. The van der Waals surface area contributed by atoms with Crippen LogP contribution in [0.3, 0.4) is 0 Å². The van der Waals surface area contributed by atoms with Gasteiger partial charge in [-0.2, -0.15) is 0 Å². The van der Waals surface area contributed by atoms with Crippen LogP contribution in [0.2, 0.25) is 0 Å². The molecule has 1 amide bonds. The van der Waals surface area contributed by atoms with Gasteiger partial charge in [-0.1, -0.05) is 25.0 Å². The van der Waals surface area contributed by atoms with Gasteiger partial charge in [0, 0.05) is 12.6 Å². The van der Waals surface area contributed by atoms with Crippen LogP contribution < -0.4 is 15.8 Å². The van der Waals surface area contributed by atoms with E-state index in [1.807, 2.05) is 0 Å². The maximum atomic E-state index is 12.3. The fourth-order valence-corrected chi connectivity index (χ4v) is 4.25. The molecular formula is C16H24ClN3O3S. The Balaban J connectivity index is 0.00000208. The number of rotatable bonds is 4. The number of nitrogens with two attached hydrogens (primary N) is 1. The molecule has 3 rings (SSSR count). The molecule has 0 radical (unpaired) electrons. The summed E-state index contributed by atoms with van der Waals surface area (Å²) in [5.41, 5.74) is 0.722. The lowest BCUT2D eigenvalue weighted by atomic mass is 9.85. The second kappa shape index (κ2) is 7.82. The number of nitrogens with one attached hydrogen (secondary N) is 2. The summed E-state index contributed by atoms with van der Waals surface area (Å²) >= 11 is 0. The number of hydrogen-bond acceptors (Lipinski definition) is 4. The number of carbonyl (C=O) groups excluding carboxylic acids is 1. The predicted molar refractivity (Wildman–Crippen MR) is 94.2 cm³/mol. The second-order valence-electron chi connectivity index (χ2n) is 6.52. The van der Waals surface area contributed by atoms with Crippen LogP contribution >= 0.6 is 12.4 Å². The van der Waals surface area contributed by atoms with E-state index in [9.17, 15) is 13.2 Å². The third kappa shape index (κ3) is 4.47. The number of fused-ring (bicyclic) bond motifs is 1. The number of benzene rings is 1. The maximum absolute atomic E-state index is 12.3. The Morgan fingerprint density at radius 2 is 2.04 bits per heavy atom. The summed E-state index contributed by atoms with van der Waals surface area (Å²) in [6.45, 7) is 0.301. The first-order valence-electron chi connectivity index (χ1n) is 8.09. The SMILES string of the molecule is Cl.NS(=O)(=O)c1cccc(CNC(=O)C2CC3CCCCC3N2)c1. The van der Waals surface area contributed by atoms with Crippen molar-refractivity contribution in [1.29, 1.82) is 0 Å². The highest BCUT2D eigenvalue weighted by Gasteiger charge is 2.37. The minimum atomic E-state index is -3.72. The monoisotopic (exact) mass is 373 g/mol. The van der Waals surface area contributed by atoms with Crippen molar-refractivity contribution in [3.8, 4) is 0 Å². The van der Waals surface area contributed by atoms with Gasteiger partial charge in [0.15, 0.2) is 0 Å². The topological polar surface area (TPSA) is 101 Å². The zero-order valence-corrected chi connectivity index (χ0v) is 15.0. The van der Waals surface area contributed by atoms with E-state index in [0.717, 1.165) is 18.4 Å². The molecule has 3 unspecified atom stereocenters. The van der Waals surface area contributed by atoms with Crippen LogP contribution in [0.5, 0.6) is 0 Å². The van der Waals surface area contributed by atoms with Crippen LogP contribution in [-0.2, 0) is 21.4 Å². The number of carbonyl (C=O) groups is 1. The van der Waals surface area contributed by atoms with Crippen molar-refractivity contribution in [1.82, 2.24) is 10.6 Å². The van der Waals surface area contributed by atoms with E-state index < -0.39 is 10.0 Å². The van der Waals surface area contributed by atoms with Gasteiger partial charge in [0.2, 0.25) is 15.9 Å². The van der Waals surface area contributed by atoms with Gasteiger partial charge in [-0.15, -0.1) is 12.4 Å². The van der Waals surface area contributed by atoms with Crippen molar-refractivity contribution in [2.24, 2.45) is 11.1 Å². The molecular weight excluding hydrogens is 350 g/mol. The van der Waals surface area contributed by atoms with Crippen LogP contribution in [-0.4, -0.2) is 26.4 Å². The van der Waals surface area contributed by atoms with E-state index in [1.165, 1.54) is 31.4 Å². The van der Waals surface area contributed by atoms with Gasteiger partial charge in [-0.3, -0.25) is 4.79 Å². The summed E-state index contributed by atoms with van der Waals surface area (Å²) < 4.78 is 22.7. The zero-order chi connectivity index (χ0) is 16.4. The number of halogens is 1. The number of amides is 1. The fraction of sp³-hybridized carbons (Fsp3) is 0.562. The minimum absolute atomic E-state index is 0. The molecule has 1 saturated heterocycles. The molecule has 6 nitrogen and oxygen atoms in total. The van der Waals surface area contributed by atoms with Crippen LogP contribution in [0.15, 0.2) is 29.2 Å². The summed E-state index contributed by atoms with van der Waals surface area (Å²) in [4.78, 5) is 12.4. The zero-order valence-electron chi connectivity index (χ0n) is 13.4. The molecule has 1 aliphatic carbocycles. The molecule has 0 bridgehead atoms. The average molecular weight is 374 g/mol. The quantitative estimate of drug-likeness (QED) is 0.740. The van der Waals surface area contributed by atoms with E-state index >= 15 is 0 Å². The number of hydrogen-bond donors (Lipinski definition) is 3. The smallest absolute Gasteiger partial charge is 0.238 e. The van der Waals surface area contributed by atoms with Crippen molar-refractivity contribution in [3.05, 3.63) is 29.8 Å². The van der Waals surface area contributed by atoms with E-state index in [0.29, 0.717) is 18.5 Å². The van der Waals surface area contributed by atoms with Crippen LogP contribution in [0, 0.1) is 5.92 Å². The van der Waals surface area contributed by atoms with Crippen molar-refractivity contribution in [2.45, 2.75) is 55.6 Å². The van der Waals surface area contributed by atoms with Gasteiger partial charge < -0.3 is 10.6 Å². The van der Waals surface area contributed by atoms with Gasteiger partial charge in [0.1, 0.15) is 0 Å². The highest BCUT2D eigenvalue weighted by atomic mass is 35.5.